The van der Waals surface area contributed by atoms with Gasteiger partial charge in [0.2, 0.25) is 10.0 Å². The van der Waals surface area contributed by atoms with Crippen molar-refractivity contribution in [1.82, 2.24) is 9.21 Å². The lowest BCUT2D eigenvalue weighted by Crippen LogP contribution is -2.47. The number of hydrogen-bond donors (Lipinski definition) is 0. The molecule has 6 heteroatoms. The largest absolute Gasteiger partial charge is 0.383 e. The van der Waals surface area contributed by atoms with Gasteiger partial charge in [0, 0.05) is 32.8 Å². The first-order valence-corrected chi connectivity index (χ1v) is 12.8. The highest BCUT2D eigenvalue weighted by atomic mass is 32.2. The van der Waals surface area contributed by atoms with Crippen LogP contribution in [-0.4, -0.2) is 63.6 Å². The molecule has 5 nitrogen and oxygen atoms in total. The van der Waals surface area contributed by atoms with E-state index < -0.39 is 10.0 Å². The smallest absolute Gasteiger partial charge is 0.243 e. The van der Waals surface area contributed by atoms with Gasteiger partial charge in [-0.25, -0.2) is 8.42 Å². The number of benzene rings is 2. The summed E-state index contributed by atoms with van der Waals surface area (Å²) in [5.41, 5.74) is 4.00. The molecule has 1 fully saturated rings. The van der Waals surface area contributed by atoms with E-state index in [1.807, 2.05) is 19.1 Å². The van der Waals surface area contributed by atoms with Crippen molar-refractivity contribution in [2.24, 2.45) is 5.92 Å². The second-order valence-electron chi connectivity index (χ2n) is 9.00. The molecule has 2 aromatic rings. The van der Waals surface area contributed by atoms with Crippen molar-refractivity contribution in [1.29, 1.82) is 0 Å². The molecular weight excluding hydrogens is 408 g/mol. The first-order chi connectivity index (χ1) is 15.0. The molecule has 1 aliphatic heterocycles. The number of ether oxygens (including phenoxy) is 1. The number of methoxy groups -OCH3 is 1. The monoisotopic (exact) mass is 442 g/mol. The van der Waals surface area contributed by atoms with Gasteiger partial charge in [0.15, 0.2) is 0 Å². The summed E-state index contributed by atoms with van der Waals surface area (Å²) in [5.74, 6) is 0.342. The first kappa shape index (κ1) is 22.5. The van der Waals surface area contributed by atoms with E-state index in [-0.39, 0.29) is 0 Å². The van der Waals surface area contributed by atoms with E-state index in [1.54, 1.807) is 23.5 Å². The van der Waals surface area contributed by atoms with Gasteiger partial charge in [-0.05, 0) is 68.3 Å². The lowest BCUT2D eigenvalue weighted by Gasteiger charge is -2.38. The molecule has 2 aliphatic rings. The van der Waals surface area contributed by atoms with Crippen LogP contribution in [0.2, 0.25) is 0 Å². The second kappa shape index (κ2) is 9.82. The van der Waals surface area contributed by atoms with Crippen molar-refractivity contribution in [2.45, 2.75) is 43.5 Å². The number of hydrogen-bond acceptors (Lipinski definition) is 4. The summed E-state index contributed by atoms with van der Waals surface area (Å²) in [7, 11) is -1.91. The summed E-state index contributed by atoms with van der Waals surface area (Å²) >= 11 is 0. The molecule has 2 aromatic carbocycles. The highest BCUT2D eigenvalue weighted by Gasteiger charge is 2.33. The summed E-state index contributed by atoms with van der Waals surface area (Å²) in [6.07, 6.45) is 4.42. The molecular formula is C25H34N2O3S. The lowest BCUT2D eigenvalue weighted by atomic mass is 9.96. The Morgan fingerprint density at radius 2 is 1.74 bits per heavy atom. The molecule has 0 N–H and O–H groups in total. The zero-order valence-electron chi connectivity index (χ0n) is 18.7. The topological polar surface area (TPSA) is 49.9 Å². The van der Waals surface area contributed by atoms with Crippen molar-refractivity contribution in [3.63, 3.8) is 0 Å². The third kappa shape index (κ3) is 5.20. The van der Waals surface area contributed by atoms with E-state index >= 15 is 0 Å². The number of likely N-dealkylation sites (tertiary alicyclic amines) is 1. The van der Waals surface area contributed by atoms with E-state index in [1.165, 1.54) is 11.1 Å². The Morgan fingerprint density at radius 3 is 2.39 bits per heavy atom. The third-order valence-corrected chi connectivity index (χ3v) is 8.64. The van der Waals surface area contributed by atoms with Crippen LogP contribution in [0, 0.1) is 12.8 Å². The number of rotatable bonds is 8. The minimum Gasteiger partial charge on any atom is -0.383 e. The Balaban J connectivity index is 1.45. The van der Waals surface area contributed by atoms with E-state index in [0.717, 1.165) is 44.3 Å². The Kier molecular flexibility index (Phi) is 7.12. The zero-order chi connectivity index (χ0) is 21.8. The van der Waals surface area contributed by atoms with Gasteiger partial charge in [-0.1, -0.05) is 42.0 Å². The van der Waals surface area contributed by atoms with Crippen molar-refractivity contribution in [3.8, 4) is 0 Å². The van der Waals surface area contributed by atoms with Gasteiger partial charge in [0.05, 0.1) is 11.5 Å². The summed E-state index contributed by atoms with van der Waals surface area (Å²) in [5, 5.41) is 0. The summed E-state index contributed by atoms with van der Waals surface area (Å²) in [6.45, 7) is 5.38. The van der Waals surface area contributed by atoms with E-state index in [9.17, 15) is 8.42 Å². The molecule has 168 valence electrons. The van der Waals surface area contributed by atoms with Gasteiger partial charge in [-0.15, -0.1) is 0 Å². The van der Waals surface area contributed by atoms with Crippen molar-refractivity contribution < 1.29 is 13.2 Å². The molecule has 1 unspecified atom stereocenters. The van der Waals surface area contributed by atoms with Gasteiger partial charge < -0.3 is 4.74 Å². The predicted molar refractivity (Wildman–Crippen MR) is 124 cm³/mol. The SMILES string of the molecule is COCCN(CC1CCCN(C2Cc3ccccc3C2)C1)S(=O)(=O)c1ccc(C)cc1. The number of piperidine rings is 1. The number of aryl methyl sites for hydroxylation is 1. The molecule has 0 radical (unpaired) electrons. The molecule has 0 saturated carbocycles. The van der Waals surface area contributed by atoms with Gasteiger partial charge >= 0.3 is 0 Å². The molecule has 0 aromatic heterocycles. The fourth-order valence-electron chi connectivity index (χ4n) is 5.02. The van der Waals surface area contributed by atoms with Gasteiger partial charge in [-0.2, -0.15) is 4.31 Å². The van der Waals surface area contributed by atoms with Crippen LogP contribution in [0.1, 0.15) is 29.5 Å². The molecule has 1 aliphatic carbocycles. The molecule has 1 atom stereocenters. The summed E-state index contributed by atoms with van der Waals surface area (Å²) < 4.78 is 33.6. The molecule has 0 bridgehead atoms. The molecule has 1 saturated heterocycles. The molecule has 31 heavy (non-hydrogen) atoms. The van der Waals surface area contributed by atoms with Crippen LogP contribution in [0.3, 0.4) is 0 Å². The maximum absolute atomic E-state index is 13.4. The number of fused-ring (bicyclic) bond motifs is 1. The van der Waals surface area contributed by atoms with Crippen LogP contribution < -0.4 is 0 Å². The molecule has 0 amide bonds. The Morgan fingerprint density at radius 1 is 1.06 bits per heavy atom. The van der Waals surface area contributed by atoms with Gasteiger partial charge in [-0.3, -0.25) is 4.90 Å². The van der Waals surface area contributed by atoms with Crippen LogP contribution in [-0.2, 0) is 27.6 Å². The highest BCUT2D eigenvalue weighted by molar-refractivity contribution is 7.89. The molecule has 0 spiro atoms. The van der Waals surface area contributed by atoms with Crippen molar-refractivity contribution in [3.05, 3.63) is 65.2 Å². The minimum absolute atomic E-state index is 0.342. The van der Waals surface area contributed by atoms with Crippen LogP contribution in [0.25, 0.3) is 0 Å². The highest BCUT2D eigenvalue weighted by Crippen LogP contribution is 2.29. The zero-order valence-corrected chi connectivity index (χ0v) is 19.5. The van der Waals surface area contributed by atoms with Crippen molar-refractivity contribution in [2.75, 3.05) is 39.9 Å². The summed E-state index contributed by atoms with van der Waals surface area (Å²) in [6, 6.07) is 16.5. The van der Waals surface area contributed by atoms with Gasteiger partial charge in [0.1, 0.15) is 0 Å². The Bertz CT molecular complexity index is 950. The minimum atomic E-state index is -3.53. The maximum atomic E-state index is 13.4. The van der Waals surface area contributed by atoms with Crippen LogP contribution >= 0.6 is 0 Å². The van der Waals surface area contributed by atoms with E-state index in [2.05, 4.69) is 29.2 Å². The second-order valence-corrected chi connectivity index (χ2v) is 10.9. The molecule has 1 heterocycles. The number of sulfonamides is 1. The van der Waals surface area contributed by atoms with Crippen molar-refractivity contribution >= 4 is 10.0 Å². The van der Waals surface area contributed by atoms with Crippen LogP contribution in [0.5, 0.6) is 0 Å². The maximum Gasteiger partial charge on any atom is 0.243 e. The first-order valence-electron chi connectivity index (χ1n) is 11.3. The standard InChI is InChI=1S/C25H34N2O3S/c1-20-9-11-25(12-10-20)31(28,29)27(14-15-30-2)19-21-6-5-13-26(18-21)24-16-22-7-3-4-8-23(22)17-24/h3-4,7-12,21,24H,5-6,13-19H2,1-2H3. The Labute approximate surface area is 187 Å². The van der Waals surface area contributed by atoms with E-state index in [4.69, 9.17) is 4.74 Å². The normalized spacial score (nSPS) is 20.3. The summed E-state index contributed by atoms with van der Waals surface area (Å²) in [4.78, 5) is 2.97. The number of nitrogens with zero attached hydrogens (tertiary/aromatic N) is 2. The lowest BCUT2D eigenvalue weighted by molar-refractivity contribution is 0.109. The fraction of sp³-hybridized carbons (Fsp3) is 0.520. The fourth-order valence-corrected chi connectivity index (χ4v) is 6.52. The van der Waals surface area contributed by atoms with Crippen LogP contribution in [0.15, 0.2) is 53.4 Å². The average molecular weight is 443 g/mol. The molecule has 4 rings (SSSR count). The third-order valence-electron chi connectivity index (χ3n) is 6.76. The van der Waals surface area contributed by atoms with Gasteiger partial charge in [0.25, 0.3) is 0 Å². The predicted octanol–water partition coefficient (Wildman–Crippen LogP) is 3.51. The average Bonchev–Trinajstić information content (AvgIpc) is 3.21. The van der Waals surface area contributed by atoms with E-state index in [0.29, 0.717) is 36.6 Å². The van der Waals surface area contributed by atoms with Crippen LogP contribution in [0.4, 0.5) is 0 Å². The quantitative estimate of drug-likeness (QED) is 0.628. The Hall–Kier alpha value is -1.73.